The van der Waals surface area contributed by atoms with Crippen molar-refractivity contribution in [3.63, 3.8) is 0 Å². The number of likely N-dealkylation sites (tertiary alicyclic amines) is 1. The zero-order chi connectivity index (χ0) is 13.9. The highest BCUT2D eigenvalue weighted by Crippen LogP contribution is 2.62. The summed E-state index contributed by atoms with van der Waals surface area (Å²) in [5.74, 6) is 3.23. The number of rotatable bonds is 2. The van der Waals surface area contributed by atoms with E-state index >= 15 is 0 Å². The van der Waals surface area contributed by atoms with E-state index in [1.165, 1.54) is 38.6 Å². The van der Waals surface area contributed by atoms with E-state index in [4.69, 9.17) is 5.73 Å². The molecule has 5 aliphatic rings. The normalized spacial score (nSPS) is 53.2. The molecule has 0 radical (unpaired) electrons. The third-order valence-corrected chi connectivity index (χ3v) is 7.44. The lowest BCUT2D eigenvalue weighted by atomic mass is 9.47. The predicted molar refractivity (Wildman–Crippen MR) is 83.4 cm³/mol. The Hall–Kier alpha value is -0.0800. The lowest BCUT2D eigenvalue weighted by molar-refractivity contribution is -0.107. The average molecular weight is 276 g/mol. The van der Waals surface area contributed by atoms with Gasteiger partial charge in [0.05, 0.1) is 0 Å². The molecule has 2 nitrogen and oxygen atoms in total. The summed E-state index contributed by atoms with van der Waals surface area (Å²) in [6.45, 7) is 6.21. The summed E-state index contributed by atoms with van der Waals surface area (Å²) in [6.07, 6.45) is 11.7. The standard InChI is InChI=1S/C18H32N2/c1-12-5-17(19)3-4-20(12)13(2)18-9-14-6-15(10-18)8-16(7-14)11-18/h12-17H,3-11,19H2,1-2H3. The summed E-state index contributed by atoms with van der Waals surface area (Å²) in [6, 6.07) is 1.94. The van der Waals surface area contributed by atoms with Crippen LogP contribution < -0.4 is 5.73 Å². The van der Waals surface area contributed by atoms with E-state index in [2.05, 4.69) is 18.7 Å². The Labute approximate surface area is 124 Å². The van der Waals surface area contributed by atoms with Crippen LogP contribution in [-0.2, 0) is 0 Å². The largest absolute Gasteiger partial charge is 0.328 e. The van der Waals surface area contributed by atoms with Gasteiger partial charge in [0.25, 0.3) is 0 Å². The molecule has 1 heterocycles. The lowest BCUT2D eigenvalue weighted by Crippen LogP contribution is -2.59. The van der Waals surface area contributed by atoms with Crippen molar-refractivity contribution in [2.75, 3.05) is 6.54 Å². The van der Waals surface area contributed by atoms with Gasteiger partial charge in [-0.05, 0) is 88.4 Å². The maximum atomic E-state index is 6.17. The molecule has 0 spiro atoms. The lowest BCUT2D eigenvalue weighted by Gasteiger charge is -2.61. The zero-order valence-corrected chi connectivity index (χ0v) is 13.4. The summed E-state index contributed by atoms with van der Waals surface area (Å²) in [5, 5.41) is 0. The number of hydrogen-bond donors (Lipinski definition) is 1. The van der Waals surface area contributed by atoms with Crippen molar-refractivity contribution in [2.24, 2.45) is 28.9 Å². The van der Waals surface area contributed by atoms with Crippen LogP contribution in [0.3, 0.4) is 0 Å². The van der Waals surface area contributed by atoms with Crippen LogP contribution in [0.15, 0.2) is 0 Å². The minimum absolute atomic E-state index is 0.449. The fourth-order valence-corrected chi connectivity index (χ4v) is 6.84. The van der Waals surface area contributed by atoms with E-state index in [0.29, 0.717) is 17.5 Å². The third kappa shape index (κ3) is 2.06. The van der Waals surface area contributed by atoms with Gasteiger partial charge in [-0.25, -0.2) is 0 Å². The molecule has 2 N–H and O–H groups in total. The Balaban J connectivity index is 1.54. The first-order valence-corrected chi connectivity index (χ1v) is 9.07. The van der Waals surface area contributed by atoms with E-state index < -0.39 is 0 Å². The zero-order valence-electron chi connectivity index (χ0n) is 13.4. The van der Waals surface area contributed by atoms with Gasteiger partial charge in [0.15, 0.2) is 0 Å². The highest BCUT2D eigenvalue weighted by atomic mass is 15.2. The highest BCUT2D eigenvalue weighted by molar-refractivity contribution is 5.06. The molecule has 4 aliphatic carbocycles. The van der Waals surface area contributed by atoms with Gasteiger partial charge >= 0.3 is 0 Å². The molecule has 1 saturated heterocycles. The second-order valence-corrected chi connectivity index (χ2v) is 8.83. The van der Waals surface area contributed by atoms with Gasteiger partial charge < -0.3 is 5.73 Å². The number of hydrogen-bond acceptors (Lipinski definition) is 2. The molecule has 0 aromatic heterocycles. The predicted octanol–water partition coefficient (Wildman–Crippen LogP) is 3.40. The van der Waals surface area contributed by atoms with Crippen LogP contribution in [0.1, 0.15) is 65.2 Å². The maximum Gasteiger partial charge on any atom is 0.0126 e. The van der Waals surface area contributed by atoms with Crippen molar-refractivity contribution in [3.8, 4) is 0 Å². The van der Waals surface area contributed by atoms with Gasteiger partial charge in [-0.15, -0.1) is 0 Å². The molecule has 20 heavy (non-hydrogen) atoms. The second kappa shape index (κ2) is 4.71. The molecule has 3 unspecified atom stereocenters. The maximum absolute atomic E-state index is 6.17. The minimum Gasteiger partial charge on any atom is -0.328 e. The Kier molecular flexibility index (Phi) is 3.20. The van der Waals surface area contributed by atoms with Crippen LogP contribution in [0.5, 0.6) is 0 Å². The first-order chi connectivity index (χ1) is 9.56. The molecule has 2 heteroatoms. The fraction of sp³-hybridized carbons (Fsp3) is 1.00. The van der Waals surface area contributed by atoms with E-state index in [9.17, 15) is 0 Å². The second-order valence-electron chi connectivity index (χ2n) is 8.83. The molecule has 0 aromatic carbocycles. The van der Waals surface area contributed by atoms with E-state index in [1.54, 1.807) is 19.3 Å². The summed E-state index contributed by atoms with van der Waals surface area (Å²) >= 11 is 0. The Morgan fingerprint density at radius 2 is 1.55 bits per heavy atom. The number of nitrogens with zero attached hydrogens (tertiary/aromatic N) is 1. The van der Waals surface area contributed by atoms with Crippen LogP contribution in [0, 0.1) is 23.2 Å². The fourth-order valence-electron chi connectivity index (χ4n) is 6.84. The first kappa shape index (κ1) is 13.6. The van der Waals surface area contributed by atoms with Gasteiger partial charge in [-0.1, -0.05) is 0 Å². The number of nitrogens with two attached hydrogens (primary N) is 1. The molecule has 5 rings (SSSR count). The monoisotopic (exact) mass is 276 g/mol. The molecular weight excluding hydrogens is 244 g/mol. The molecule has 3 atom stereocenters. The molecule has 4 saturated carbocycles. The summed E-state index contributed by atoms with van der Waals surface area (Å²) in [7, 11) is 0. The Morgan fingerprint density at radius 3 is 2.05 bits per heavy atom. The smallest absolute Gasteiger partial charge is 0.0126 e. The Morgan fingerprint density at radius 1 is 1.00 bits per heavy atom. The summed E-state index contributed by atoms with van der Waals surface area (Å²) in [4.78, 5) is 2.83. The van der Waals surface area contributed by atoms with Crippen molar-refractivity contribution in [3.05, 3.63) is 0 Å². The molecular formula is C18H32N2. The van der Waals surface area contributed by atoms with Gasteiger partial charge in [0.2, 0.25) is 0 Å². The van der Waals surface area contributed by atoms with Crippen molar-refractivity contribution in [1.82, 2.24) is 4.90 Å². The van der Waals surface area contributed by atoms with Crippen LogP contribution in [-0.4, -0.2) is 29.6 Å². The summed E-state index contributed by atoms with van der Waals surface area (Å²) < 4.78 is 0. The van der Waals surface area contributed by atoms with Gasteiger partial charge in [-0.2, -0.15) is 0 Å². The van der Waals surface area contributed by atoms with Crippen LogP contribution in [0.25, 0.3) is 0 Å². The third-order valence-electron chi connectivity index (χ3n) is 7.44. The molecule has 5 fully saturated rings. The molecule has 4 bridgehead atoms. The molecule has 1 aliphatic heterocycles. The Bertz CT molecular complexity index is 342. The minimum atomic E-state index is 0.449. The van der Waals surface area contributed by atoms with E-state index in [1.807, 2.05) is 0 Å². The SMILES string of the molecule is CC1CC(N)CCN1C(C)C12CC3CC(CC(C3)C1)C2. The average Bonchev–Trinajstić information content (AvgIpc) is 2.36. The molecule has 114 valence electrons. The van der Waals surface area contributed by atoms with Crippen molar-refractivity contribution < 1.29 is 0 Å². The molecule has 0 aromatic rings. The van der Waals surface area contributed by atoms with Gasteiger partial charge in [-0.3, -0.25) is 4.90 Å². The summed E-state index contributed by atoms with van der Waals surface area (Å²) in [5.41, 5.74) is 6.84. The van der Waals surface area contributed by atoms with Gasteiger partial charge in [0.1, 0.15) is 0 Å². The quantitative estimate of drug-likeness (QED) is 0.837. The number of piperidine rings is 1. The van der Waals surface area contributed by atoms with Crippen LogP contribution >= 0.6 is 0 Å². The molecule has 0 amide bonds. The first-order valence-electron chi connectivity index (χ1n) is 9.07. The van der Waals surface area contributed by atoms with Crippen molar-refractivity contribution in [1.29, 1.82) is 0 Å². The van der Waals surface area contributed by atoms with Gasteiger partial charge in [0, 0.05) is 24.7 Å². The van der Waals surface area contributed by atoms with Crippen LogP contribution in [0.4, 0.5) is 0 Å². The van der Waals surface area contributed by atoms with Crippen LogP contribution in [0.2, 0.25) is 0 Å². The van der Waals surface area contributed by atoms with E-state index in [0.717, 1.165) is 23.8 Å². The van der Waals surface area contributed by atoms with Crippen molar-refractivity contribution >= 4 is 0 Å². The van der Waals surface area contributed by atoms with E-state index in [-0.39, 0.29) is 0 Å². The highest BCUT2D eigenvalue weighted by Gasteiger charge is 2.54. The topological polar surface area (TPSA) is 29.3 Å². The van der Waals surface area contributed by atoms with Crippen molar-refractivity contribution in [2.45, 2.75) is 83.3 Å².